The molecule has 0 aromatic heterocycles. The van der Waals surface area contributed by atoms with Crippen LogP contribution >= 0.6 is 0 Å². The van der Waals surface area contributed by atoms with E-state index in [1.165, 1.54) is 12.1 Å². The van der Waals surface area contributed by atoms with E-state index in [-0.39, 0.29) is 31.4 Å². The average Bonchev–Trinajstić information content (AvgIpc) is 2.84. The fraction of sp³-hybridized carbons (Fsp3) is 0.571. The minimum Gasteiger partial charge on any atom is -0.480 e. The van der Waals surface area contributed by atoms with Gasteiger partial charge in [0.15, 0.2) is 0 Å². The Balaban J connectivity index is 2.10. The maximum absolute atomic E-state index is 11.2. The Morgan fingerprint density at radius 3 is 2.09 bits per heavy atom. The number of benzene rings is 1. The molecule has 12 nitrogen and oxygen atoms in total. The molecule has 1 unspecified atom stereocenters. The summed E-state index contributed by atoms with van der Waals surface area (Å²) in [5, 5.41) is 32.2. The topological polar surface area (TPSA) is 157 Å². The fourth-order valence-electron chi connectivity index (χ4n) is 3.79. The maximum Gasteiger partial charge on any atom is 0.317 e. The molecule has 1 aliphatic heterocycles. The van der Waals surface area contributed by atoms with Gasteiger partial charge >= 0.3 is 11.9 Å². The number of nitro benzene ring substituents is 1. The zero-order valence-corrected chi connectivity index (χ0v) is 18.5. The standard InChI is InChI=1S/C21H31N5O7/c27-12-11-23-5-7-24(9-10-25(8-6-23)16-21(30)31)15-18(22-14-20(28)29)13-17-1-3-19(4-2-17)26(32)33/h1-4,12,18,22H,5-11,13-16H2,(H,28,29)(H,30,31). The molecule has 1 aliphatic rings. The quantitative estimate of drug-likeness (QED) is 0.205. The molecule has 1 saturated heterocycles. The summed E-state index contributed by atoms with van der Waals surface area (Å²) in [5.74, 6) is -1.90. The van der Waals surface area contributed by atoms with Gasteiger partial charge in [0.2, 0.25) is 0 Å². The minimum atomic E-state index is -0.988. The highest BCUT2D eigenvalue weighted by Crippen LogP contribution is 2.14. The predicted molar refractivity (Wildman–Crippen MR) is 119 cm³/mol. The van der Waals surface area contributed by atoms with Crippen LogP contribution in [0.15, 0.2) is 24.3 Å². The predicted octanol–water partition coefficient (Wildman–Crippen LogP) is -0.617. The lowest BCUT2D eigenvalue weighted by atomic mass is 10.0. The fourth-order valence-corrected chi connectivity index (χ4v) is 3.79. The number of aliphatic carboxylic acids is 2. The molecule has 12 heteroatoms. The summed E-state index contributed by atoms with van der Waals surface area (Å²) in [5.41, 5.74) is 0.824. The second kappa shape index (κ2) is 13.6. The summed E-state index contributed by atoms with van der Waals surface area (Å²) in [6, 6.07) is 5.92. The van der Waals surface area contributed by atoms with E-state index in [0.29, 0.717) is 52.2 Å². The molecule has 3 N–H and O–H groups in total. The number of carbonyl (C=O) groups excluding carboxylic acids is 1. The highest BCUT2D eigenvalue weighted by Gasteiger charge is 2.21. The van der Waals surface area contributed by atoms with E-state index < -0.39 is 16.9 Å². The van der Waals surface area contributed by atoms with E-state index >= 15 is 0 Å². The monoisotopic (exact) mass is 465 g/mol. The molecular weight excluding hydrogens is 434 g/mol. The van der Waals surface area contributed by atoms with Crippen molar-refractivity contribution in [3.8, 4) is 0 Å². The van der Waals surface area contributed by atoms with E-state index in [4.69, 9.17) is 5.11 Å². The highest BCUT2D eigenvalue weighted by atomic mass is 16.6. The van der Waals surface area contributed by atoms with Gasteiger partial charge in [-0.1, -0.05) is 12.1 Å². The molecule has 2 rings (SSSR count). The molecule has 0 amide bonds. The molecule has 182 valence electrons. The molecule has 1 fully saturated rings. The van der Waals surface area contributed by atoms with Gasteiger partial charge in [-0.2, -0.15) is 0 Å². The van der Waals surface area contributed by atoms with Crippen LogP contribution in [0.1, 0.15) is 5.56 Å². The van der Waals surface area contributed by atoms with Gasteiger partial charge in [-0.3, -0.25) is 34.4 Å². The van der Waals surface area contributed by atoms with Gasteiger partial charge in [0.1, 0.15) is 6.29 Å². The van der Waals surface area contributed by atoms with Crippen molar-refractivity contribution in [2.45, 2.75) is 12.5 Å². The third kappa shape index (κ3) is 10.0. The molecule has 1 heterocycles. The molecule has 0 saturated carbocycles. The van der Waals surface area contributed by atoms with Crippen molar-refractivity contribution in [2.24, 2.45) is 0 Å². The summed E-state index contributed by atoms with van der Waals surface area (Å²) in [6.45, 7) is 3.96. The first-order valence-electron chi connectivity index (χ1n) is 10.8. The highest BCUT2D eigenvalue weighted by molar-refractivity contribution is 5.69. The summed E-state index contributed by atoms with van der Waals surface area (Å²) < 4.78 is 0. The number of carbonyl (C=O) groups is 3. The summed E-state index contributed by atoms with van der Waals surface area (Å²) in [7, 11) is 0. The first-order chi connectivity index (χ1) is 15.8. The van der Waals surface area contributed by atoms with Crippen molar-refractivity contribution in [2.75, 3.05) is 65.4 Å². The number of carboxylic acid groups (broad SMARTS) is 2. The van der Waals surface area contributed by atoms with E-state index in [9.17, 15) is 29.6 Å². The Kier molecular flexibility index (Phi) is 10.8. The van der Waals surface area contributed by atoms with Gasteiger partial charge in [-0.05, 0) is 12.0 Å². The lowest BCUT2D eigenvalue weighted by molar-refractivity contribution is -0.384. The Morgan fingerprint density at radius 2 is 1.58 bits per heavy atom. The Labute approximate surface area is 191 Å². The number of aldehydes is 1. The van der Waals surface area contributed by atoms with Crippen molar-refractivity contribution in [3.05, 3.63) is 39.9 Å². The molecule has 33 heavy (non-hydrogen) atoms. The van der Waals surface area contributed by atoms with Crippen LogP contribution in [0.4, 0.5) is 5.69 Å². The second-order valence-corrected chi connectivity index (χ2v) is 8.04. The molecule has 1 aromatic carbocycles. The number of non-ortho nitro benzene ring substituents is 1. The lowest BCUT2D eigenvalue weighted by Gasteiger charge is -2.29. The van der Waals surface area contributed by atoms with Crippen molar-refractivity contribution < 1.29 is 29.5 Å². The van der Waals surface area contributed by atoms with Crippen molar-refractivity contribution in [1.82, 2.24) is 20.0 Å². The zero-order chi connectivity index (χ0) is 24.2. The van der Waals surface area contributed by atoms with E-state index in [0.717, 1.165) is 11.8 Å². The van der Waals surface area contributed by atoms with Crippen molar-refractivity contribution in [3.63, 3.8) is 0 Å². The minimum absolute atomic E-state index is 0.0115. The maximum atomic E-state index is 11.2. The van der Waals surface area contributed by atoms with Gasteiger partial charge < -0.3 is 20.3 Å². The number of rotatable bonds is 12. The first kappa shape index (κ1) is 26.3. The molecule has 0 aliphatic carbocycles. The average molecular weight is 466 g/mol. The zero-order valence-electron chi connectivity index (χ0n) is 18.5. The second-order valence-electron chi connectivity index (χ2n) is 8.04. The smallest absolute Gasteiger partial charge is 0.317 e. The van der Waals surface area contributed by atoms with E-state index in [1.54, 1.807) is 12.1 Å². The normalized spacial score (nSPS) is 17.5. The Morgan fingerprint density at radius 1 is 1.00 bits per heavy atom. The van der Waals surface area contributed by atoms with Crippen molar-refractivity contribution in [1.29, 1.82) is 0 Å². The van der Waals surface area contributed by atoms with Gasteiger partial charge in [0, 0.05) is 64.0 Å². The first-order valence-corrected chi connectivity index (χ1v) is 10.8. The van der Waals surface area contributed by atoms with Gasteiger partial charge in [-0.25, -0.2) is 0 Å². The summed E-state index contributed by atoms with van der Waals surface area (Å²) in [6.07, 6.45) is 1.30. The molecular formula is C21H31N5O7. The van der Waals surface area contributed by atoms with Crippen LogP contribution in [-0.2, 0) is 20.8 Å². The molecule has 0 bridgehead atoms. The van der Waals surface area contributed by atoms with Gasteiger partial charge in [0.25, 0.3) is 5.69 Å². The summed E-state index contributed by atoms with van der Waals surface area (Å²) >= 11 is 0. The Bertz CT molecular complexity index is 805. The number of hydrogen-bond donors (Lipinski definition) is 3. The SMILES string of the molecule is O=CCN1CCN(CC(=O)O)CCN(CC(Cc2ccc([N+](=O)[O-])cc2)NCC(=O)O)CC1. The van der Waals surface area contributed by atoms with Crippen LogP contribution < -0.4 is 5.32 Å². The van der Waals surface area contributed by atoms with E-state index in [2.05, 4.69) is 10.2 Å². The molecule has 1 atom stereocenters. The number of nitro groups is 1. The van der Waals surface area contributed by atoms with Crippen LogP contribution in [0.5, 0.6) is 0 Å². The van der Waals surface area contributed by atoms with Crippen molar-refractivity contribution >= 4 is 23.9 Å². The molecule has 0 spiro atoms. The van der Waals surface area contributed by atoms with Gasteiger partial charge in [0.05, 0.1) is 24.6 Å². The summed E-state index contributed by atoms with van der Waals surface area (Å²) in [4.78, 5) is 49.7. The molecule has 0 radical (unpaired) electrons. The van der Waals surface area contributed by atoms with Crippen LogP contribution in [0.3, 0.4) is 0 Å². The number of carboxylic acids is 2. The van der Waals surface area contributed by atoms with Crippen LogP contribution in [0.25, 0.3) is 0 Å². The number of nitrogens with one attached hydrogen (secondary N) is 1. The van der Waals surface area contributed by atoms with Crippen LogP contribution in [-0.4, -0.2) is 120 Å². The third-order valence-electron chi connectivity index (χ3n) is 5.54. The number of nitrogens with zero attached hydrogens (tertiary/aromatic N) is 4. The van der Waals surface area contributed by atoms with Gasteiger partial charge in [-0.15, -0.1) is 0 Å². The largest absolute Gasteiger partial charge is 0.480 e. The lowest BCUT2D eigenvalue weighted by Crippen LogP contribution is -2.47. The Hall–Kier alpha value is -2.93. The van der Waals surface area contributed by atoms with E-state index in [1.807, 2.05) is 9.80 Å². The third-order valence-corrected chi connectivity index (χ3v) is 5.54. The molecule has 1 aromatic rings. The number of hydrogen-bond acceptors (Lipinski definition) is 9. The van der Waals surface area contributed by atoms with Crippen LogP contribution in [0, 0.1) is 10.1 Å². The van der Waals surface area contributed by atoms with Crippen LogP contribution in [0.2, 0.25) is 0 Å².